The summed E-state index contributed by atoms with van der Waals surface area (Å²) in [6, 6.07) is 9.41. The fraction of sp³-hybridized carbons (Fsp3) is 0.435. The van der Waals surface area contributed by atoms with Crippen LogP contribution in [0.25, 0.3) is 6.08 Å². The number of carbonyl (C=O) groups excluding carboxylic acids is 2. The zero-order valence-electron chi connectivity index (χ0n) is 19.9. The predicted octanol–water partition coefficient (Wildman–Crippen LogP) is 3.15. The second kappa shape index (κ2) is 9.80. The number of hydrogen-bond acceptors (Lipinski definition) is 7. The smallest absolute Gasteiger partial charge is 0.463 e. The SMILES string of the molecule is COC(=O)c1nc(C=C(CNC(=O)OCc2ccccc2)B2OC(C)(C)C(C)(C)O2)cn1C. The van der Waals surface area contributed by atoms with Gasteiger partial charge in [0.2, 0.25) is 5.82 Å². The van der Waals surface area contributed by atoms with Crippen molar-refractivity contribution in [3.63, 3.8) is 0 Å². The molecule has 0 radical (unpaired) electrons. The molecule has 0 bridgehead atoms. The molecule has 9 nitrogen and oxygen atoms in total. The number of nitrogens with one attached hydrogen (secondary N) is 1. The maximum Gasteiger partial charge on any atom is 0.492 e. The predicted molar refractivity (Wildman–Crippen MR) is 123 cm³/mol. The molecule has 33 heavy (non-hydrogen) atoms. The number of carbonyl (C=O) groups is 2. The Balaban J connectivity index is 1.77. The third-order valence-electron chi connectivity index (χ3n) is 5.80. The Morgan fingerprint density at radius 3 is 2.39 bits per heavy atom. The standard InChI is InChI=1S/C23H30BN3O6/c1-22(2)23(3,4)33-24(32-22)17(12-18-14-27(5)19(26-18)20(28)30-6)13-25-21(29)31-15-16-10-8-7-9-11-16/h7-12,14H,13,15H2,1-6H3,(H,25,29). The summed E-state index contributed by atoms with van der Waals surface area (Å²) in [5, 5.41) is 2.74. The van der Waals surface area contributed by atoms with E-state index < -0.39 is 30.4 Å². The van der Waals surface area contributed by atoms with E-state index in [1.165, 1.54) is 7.11 Å². The average molecular weight is 455 g/mol. The van der Waals surface area contributed by atoms with Gasteiger partial charge in [-0.2, -0.15) is 0 Å². The summed E-state index contributed by atoms with van der Waals surface area (Å²) in [5.74, 6) is -0.385. The minimum atomic E-state index is -0.715. The molecule has 2 heterocycles. The van der Waals surface area contributed by atoms with Gasteiger partial charge in [-0.1, -0.05) is 30.3 Å². The summed E-state index contributed by atoms with van der Waals surface area (Å²) in [6.45, 7) is 8.05. The van der Waals surface area contributed by atoms with Crippen molar-refractivity contribution in [3.8, 4) is 0 Å². The third kappa shape index (κ3) is 5.83. The van der Waals surface area contributed by atoms with Gasteiger partial charge < -0.3 is 28.7 Å². The van der Waals surface area contributed by atoms with E-state index >= 15 is 0 Å². The lowest BCUT2D eigenvalue weighted by atomic mass is 9.77. The maximum absolute atomic E-state index is 12.3. The van der Waals surface area contributed by atoms with Gasteiger partial charge in [0.25, 0.3) is 0 Å². The average Bonchev–Trinajstić information content (AvgIpc) is 3.24. The molecular weight excluding hydrogens is 425 g/mol. The Bertz CT molecular complexity index is 1020. The molecule has 0 atom stereocenters. The van der Waals surface area contributed by atoms with E-state index in [4.69, 9.17) is 18.8 Å². The molecule has 1 amide bonds. The largest absolute Gasteiger partial charge is 0.492 e. The number of benzene rings is 1. The molecule has 176 valence electrons. The summed E-state index contributed by atoms with van der Waals surface area (Å²) in [5.41, 5.74) is 0.887. The summed E-state index contributed by atoms with van der Waals surface area (Å²) < 4.78 is 24.0. The van der Waals surface area contributed by atoms with Crippen LogP contribution in [-0.4, -0.2) is 53.6 Å². The topological polar surface area (TPSA) is 101 Å². The van der Waals surface area contributed by atoms with Gasteiger partial charge in [-0.15, -0.1) is 0 Å². The number of rotatable bonds is 7. The Morgan fingerprint density at radius 2 is 1.79 bits per heavy atom. The van der Waals surface area contributed by atoms with Gasteiger partial charge in [0, 0.05) is 19.8 Å². The van der Waals surface area contributed by atoms with Crippen molar-refractivity contribution in [2.75, 3.05) is 13.7 Å². The van der Waals surface area contributed by atoms with Gasteiger partial charge in [0.1, 0.15) is 6.61 Å². The van der Waals surface area contributed by atoms with E-state index in [-0.39, 0.29) is 19.0 Å². The van der Waals surface area contributed by atoms with Crippen LogP contribution in [0, 0.1) is 0 Å². The molecule has 10 heteroatoms. The maximum atomic E-state index is 12.3. The Hall–Kier alpha value is -3.11. The van der Waals surface area contributed by atoms with E-state index in [0.29, 0.717) is 11.2 Å². The van der Waals surface area contributed by atoms with E-state index in [0.717, 1.165) is 5.56 Å². The summed E-state index contributed by atoms with van der Waals surface area (Å²) in [7, 11) is 2.28. The molecular formula is C23H30BN3O6. The fourth-order valence-electron chi connectivity index (χ4n) is 3.18. The first-order chi connectivity index (χ1) is 15.5. The second-order valence-electron chi connectivity index (χ2n) is 8.81. The lowest BCUT2D eigenvalue weighted by molar-refractivity contribution is 0.00578. The molecule has 1 N–H and O–H groups in total. The Morgan fingerprint density at radius 1 is 1.15 bits per heavy atom. The van der Waals surface area contributed by atoms with E-state index in [1.54, 1.807) is 23.9 Å². The van der Waals surface area contributed by atoms with Crippen molar-refractivity contribution in [2.24, 2.45) is 7.05 Å². The lowest BCUT2D eigenvalue weighted by Gasteiger charge is -2.32. The van der Waals surface area contributed by atoms with Crippen LogP contribution in [0.1, 0.15) is 49.6 Å². The van der Waals surface area contributed by atoms with Crippen LogP contribution in [0.15, 0.2) is 42.0 Å². The normalized spacial score (nSPS) is 17.0. The van der Waals surface area contributed by atoms with Crippen LogP contribution in [0.3, 0.4) is 0 Å². The molecule has 0 saturated carbocycles. The van der Waals surface area contributed by atoms with Crippen molar-refractivity contribution in [1.29, 1.82) is 0 Å². The lowest BCUT2D eigenvalue weighted by Crippen LogP contribution is -2.41. The number of esters is 1. The molecule has 1 aromatic heterocycles. The summed E-state index contributed by atoms with van der Waals surface area (Å²) in [4.78, 5) is 28.5. The zero-order valence-corrected chi connectivity index (χ0v) is 19.9. The van der Waals surface area contributed by atoms with Crippen molar-refractivity contribution in [2.45, 2.75) is 45.5 Å². The minimum Gasteiger partial charge on any atom is -0.463 e. The molecule has 1 aliphatic rings. The molecule has 3 rings (SSSR count). The molecule has 1 saturated heterocycles. The van der Waals surface area contributed by atoms with Crippen LogP contribution in [0.4, 0.5) is 4.79 Å². The number of hydrogen-bond donors (Lipinski definition) is 1. The van der Waals surface area contributed by atoms with Crippen LogP contribution >= 0.6 is 0 Å². The van der Waals surface area contributed by atoms with Crippen LogP contribution in [0.5, 0.6) is 0 Å². The molecule has 0 unspecified atom stereocenters. The molecule has 0 spiro atoms. The van der Waals surface area contributed by atoms with Gasteiger partial charge in [-0.05, 0) is 44.8 Å². The first-order valence-corrected chi connectivity index (χ1v) is 10.6. The van der Waals surface area contributed by atoms with Crippen LogP contribution in [0.2, 0.25) is 0 Å². The second-order valence-corrected chi connectivity index (χ2v) is 8.81. The fourth-order valence-corrected chi connectivity index (χ4v) is 3.18. The number of nitrogens with zero attached hydrogens (tertiary/aromatic N) is 2. The Kier molecular flexibility index (Phi) is 7.29. The summed E-state index contributed by atoms with van der Waals surface area (Å²) >= 11 is 0. The van der Waals surface area contributed by atoms with E-state index in [1.807, 2.05) is 58.0 Å². The highest BCUT2D eigenvalue weighted by Crippen LogP contribution is 2.38. The minimum absolute atomic E-state index is 0.106. The quantitative estimate of drug-likeness (QED) is 0.506. The molecule has 0 aliphatic carbocycles. The molecule has 1 aromatic carbocycles. The van der Waals surface area contributed by atoms with Crippen LogP contribution in [-0.2, 0) is 32.4 Å². The monoisotopic (exact) mass is 455 g/mol. The molecule has 1 fully saturated rings. The van der Waals surface area contributed by atoms with Crippen LogP contribution < -0.4 is 5.32 Å². The van der Waals surface area contributed by atoms with Crippen molar-refractivity contribution < 1.29 is 28.4 Å². The van der Waals surface area contributed by atoms with Crippen molar-refractivity contribution >= 4 is 25.3 Å². The number of alkyl carbamates (subject to hydrolysis) is 1. The Labute approximate surface area is 194 Å². The zero-order chi connectivity index (χ0) is 24.2. The number of imidazole rings is 1. The van der Waals surface area contributed by atoms with Gasteiger partial charge in [0.05, 0.1) is 24.0 Å². The number of methoxy groups -OCH3 is 1. The molecule has 1 aliphatic heterocycles. The highest BCUT2D eigenvalue weighted by Gasteiger charge is 2.52. The van der Waals surface area contributed by atoms with Crippen molar-refractivity contribution in [3.05, 3.63) is 59.1 Å². The first kappa shape index (κ1) is 24.5. The highest BCUT2D eigenvalue weighted by molar-refractivity contribution is 6.56. The third-order valence-corrected chi connectivity index (χ3v) is 5.80. The number of amides is 1. The molecule has 2 aromatic rings. The number of aryl methyl sites for hydroxylation is 1. The van der Waals surface area contributed by atoms with Crippen molar-refractivity contribution in [1.82, 2.24) is 14.9 Å². The highest BCUT2D eigenvalue weighted by atomic mass is 16.7. The van der Waals surface area contributed by atoms with E-state index in [2.05, 4.69) is 10.3 Å². The number of ether oxygens (including phenoxy) is 2. The van der Waals surface area contributed by atoms with Gasteiger partial charge >= 0.3 is 19.2 Å². The number of aromatic nitrogens is 2. The first-order valence-electron chi connectivity index (χ1n) is 10.6. The van der Waals surface area contributed by atoms with Gasteiger partial charge in [-0.25, -0.2) is 14.6 Å². The van der Waals surface area contributed by atoms with Gasteiger partial charge in [-0.3, -0.25) is 0 Å². The van der Waals surface area contributed by atoms with Gasteiger partial charge in [0.15, 0.2) is 0 Å². The van der Waals surface area contributed by atoms with E-state index in [9.17, 15) is 9.59 Å². The summed E-state index contributed by atoms with van der Waals surface area (Å²) in [6.07, 6.45) is 2.84.